The van der Waals surface area contributed by atoms with Crippen LogP contribution < -0.4 is 5.32 Å². The number of rotatable bonds is 8. The number of thiophene rings is 1. The third-order valence-electron chi connectivity index (χ3n) is 5.86. The van der Waals surface area contributed by atoms with Gasteiger partial charge in [-0.1, -0.05) is 48.5 Å². The molecule has 2 heterocycles. The van der Waals surface area contributed by atoms with Crippen LogP contribution in [0.15, 0.2) is 77.0 Å². The SMILES string of the molecule is CC(=O)c1ccc(S(=O)(=O)N2CCN(CC(=O)NC(c3ccccc3)c3cccs3)CC2)cc1. The number of Topliss-reactive ketones (excluding diaryl/α,β-unsaturated/α-hetero) is 1. The maximum atomic E-state index is 13.0. The Hall–Kier alpha value is -2.85. The highest BCUT2D eigenvalue weighted by Gasteiger charge is 2.29. The van der Waals surface area contributed by atoms with E-state index in [2.05, 4.69) is 5.32 Å². The molecule has 1 aliphatic rings. The smallest absolute Gasteiger partial charge is 0.243 e. The van der Waals surface area contributed by atoms with E-state index >= 15 is 0 Å². The van der Waals surface area contributed by atoms with Gasteiger partial charge in [0.15, 0.2) is 5.78 Å². The molecule has 1 fully saturated rings. The molecule has 178 valence electrons. The lowest BCUT2D eigenvalue weighted by Crippen LogP contribution is -2.51. The van der Waals surface area contributed by atoms with Crippen molar-refractivity contribution in [3.05, 3.63) is 88.1 Å². The van der Waals surface area contributed by atoms with E-state index in [1.54, 1.807) is 11.3 Å². The summed E-state index contributed by atoms with van der Waals surface area (Å²) in [5, 5.41) is 5.13. The van der Waals surface area contributed by atoms with Gasteiger partial charge in [-0.2, -0.15) is 4.31 Å². The van der Waals surface area contributed by atoms with Gasteiger partial charge < -0.3 is 5.32 Å². The normalized spacial score (nSPS) is 16.1. The number of piperazine rings is 1. The van der Waals surface area contributed by atoms with Crippen molar-refractivity contribution >= 4 is 33.1 Å². The van der Waals surface area contributed by atoms with E-state index < -0.39 is 10.0 Å². The van der Waals surface area contributed by atoms with Crippen LogP contribution in [0.25, 0.3) is 0 Å². The number of carbonyl (C=O) groups excluding carboxylic acids is 2. The van der Waals surface area contributed by atoms with E-state index in [-0.39, 0.29) is 29.2 Å². The van der Waals surface area contributed by atoms with Crippen LogP contribution >= 0.6 is 11.3 Å². The summed E-state index contributed by atoms with van der Waals surface area (Å²) in [5.41, 5.74) is 1.50. The highest BCUT2D eigenvalue weighted by molar-refractivity contribution is 7.89. The number of benzene rings is 2. The van der Waals surface area contributed by atoms with Crippen molar-refractivity contribution in [3.8, 4) is 0 Å². The Morgan fingerprint density at radius 3 is 2.21 bits per heavy atom. The molecular weight excluding hydrogens is 470 g/mol. The molecule has 0 spiro atoms. The minimum atomic E-state index is -3.64. The van der Waals surface area contributed by atoms with Gasteiger partial charge in [0, 0.05) is 36.6 Å². The Morgan fingerprint density at radius 2 is 1.62 bits per heavy atom. The third kappa shape index (κ3) is 5.61. The van der Waals surface area contributed by atoms with E-state index in [0.29, 0.717) is 31.7 Å². The summed E-state index contributed by atoms with van der Waals surface area (Å²) in [7, 11) is -3.64. The summed E-state index contributed by atoms with van der Waals surface area (Å²) >= 11 is 1.60. The molecule has 3 aromatic rings. The molecule has 1 aliphatic heterocycles. The molecule has 1 N–H and O–H groups in total. The van der Waals surface area contributed by atoms with Crippen molar-refractivity contribution < 1.29 is 18.0 Å². The summed E-state index contributed by atoms with van der Waals surface area (Å²) in [5.74, 6) is -0.206. The van der Waals surface area contributed by atoms with Gasteiger partial charge in [-0.3, -0.25) is 14.5 Å². The van der Waals surface area contributed by atoms with Crippen LogP contribution in [0.5, 0.6) is 0 Å². The summed E-state index contributed by atoms with van der Waals surface area (Å²) in [6, 6.07) is 19.6. The second-order valence-corrected chi connectivity index (χ2v) is 11.1. The minimum absolute atomic E-state index is 0.0987. The quantitative estimate of drug-likeness (QED) is 0.483. The van der Waals surface area contributed by atoms with Gasteiger partial charge in [0.05, 0.1) is 17.5 Å². The fourth-order valence-electron chi connectivity index (χ4n) is 3.97. The summed E-state index contributed by atoms with van der Waals surface area (Å²) < 4.78 is 27.4. The Bertz CT molecular complexity index is 1220. The molecule has 1 aromatic heterocycles. The molecule has 7 nitrogen and oxygen atoms in total. The zero-order chi connectivity index (χ0) is 24.1. The average Bonchev–Trinajstić information content (AvgIpc) is 3.38. The van der Waals surface area contributed by atoms with E-state index in [1.165, 1.54) is 35.5 Å². The Labute approximate surface area is 204 Å². The second-order valence-electron chi connectivity index (χ2n) is 8.19. The van der Waals surface area contributed by atoms with Crippen LogP contribution in [-0.4, -0.2) is 62.0 Å². The van der Waals surface area contributed by atoms with Gasteiger partial charge in [-0.15, -0.1) is 11.3 Å². The first-order valence-electron chi connectivity index (χ1n) is 11.1. The zero-order valence-electron chi connectivity index (χ0n) is 18.9. The van der Waals surface area contributed by atoms with Gasteiger partial charge in [-0.25, -0.2) is 8.42 Å². The van der Waals surface area contributed by atoms with Crippen LogP contribution in [0.4, 0.5) is 0 Å². The highest BCUT2D eigenvalue weighted by atomic mass is 32.2. The van der Waals surface area contributed by atoms with Crippen LogP contribution in [0, 0.1) is 0 Å². The fourth-order valence-corrected chi connectivity index (χ4v) is 6.19. The molecular formula is C25H27N3O4S2. The molecule has 0 aliphatic carbocycles. The predicted octanol–water partition coefficient (Wildman–Crippen LogP) is 3.16. The van der Waals surface area contributed by atoms with Gasteiger partial charge >= 0.3 is 0 Å². The van der Waals surface area contributed by atoms with Crippen molar-refractivity contribution in [3.63, 3.8) is 0 Å². The molecule has 2 aromatic carbocycles. The largest absolute Gasteiger partial charge is 0.343 e. The van der Waals surface area contributed by atoms with E-state index in [4.69, 9.17) is 0 Å². The third-order valence-corrected chi connectivity index (χ3v) is 8.71. The average molecular weight is 498 g/mol. The number of carbonyl (C=O) groups is 2. The van der Waals surface area contributed by atoms with Gasteiger partial charge in [0.25, 0.3) is 0 Å². The fraction of sp³-hybridized carbons (Fsp3) is 0.280. The first kappa shape index (κ1) is 24.3. The van der Waals surface area contributed by atoms with E-state index in [1.807, 2.05) is 52.7 Å². The Morgan fingerprint density at radius 1 is 0.941 bits per heavy atom. The Kier molecular flexibility index (Phi) is 7.57. The lowest BCUT2D eigenvalue weighted by molar-refractivity contribution is -0.123. The van der Waals surface area contributed by atoms with Crippen LogP contribution in [-0.2, 0) is 14.8 Å². The van der Waals surface area contributed by atoms with Crippen LogP contribution in [0.2, 0.25) is 0 Å². The first-order valence-corrected chi connectivity index (χ1v) is 13.4. The van der Waals surface area contributed by atoms with Crippen molar-refractivity contribution in [2.45, 2.75) is 17.9 Å². The van der Waals surface area contributed by atoms with E-state index in [0.717, 1.165) is 10.4 Å². The molecule has 1 atom stereocenters. The number of sulfonamides is 1. The number of nitrogens with one attached hydrogen (secondary N) is 1. The first-order chi connectivity index (χ1) is 16.3. The minimum Gasteiger partial charge on any atom is -0.343 e. The number of hydrogen-bond donors (Lipinski definition) is 1. The number of amides is 1. The molecule has 34 heavy (non-hydrogen) atoms. The summed E-state index contributed by atoms with van der Waals surface area (Å²) in [4.78, 5) is 27.5. The molecule has 0 saturated carbocycles. The van der Waals surface area contributed by atoms with Crippen molar-refractivity contribution in [2.24, 2.45) is 0 Å². The topological polar surface area (TPSA) is 86.8 Å². The molecule has 0 radical (unpaired) electrons. The van der Waals surface area contributed by atoms with Crippen molar-refractivity contribution in [1.29, 1.82) is 0 Å². The second kappa shape index (κ2) is 10.6. The summed E-state index contributed by atoms with van der Waals surface area (Å²) in [6.45, 7) is 3.19. The standard InChI is InChI=1S/C25H27N3O4S2/c1-19(29)20-9-11-22(12-10-20)34(31,32)28-15-13-27(14-16-28)18-24(30)26-25(23-8-5-17-33-23)21-6-3-2-4-7-21/h2-12,17,25H,13-16,18H2,1H3,(H,26,30). The van der Waals surface area contributed by atoms with Gasteiger partial charge in [0.1, 0.15) is 0 Å². The maximum absolute atomic E-state index is 13.0. The van der Waals surface area contributed by atoms with Crippen molar-refractivity contribution in [2.75, 3.05) is 32.7 Å². The zero-order valence-corrected chi connectivity index (χ0v) is 20.5. The maximum Gasteiger partial charge on any atom is 0.243 e. The molecule has 1 amide bonds. The molecule has 0 bridgehead atoms. The van der Waals surface area contributed by atoms with Crippen LogP contribution in [0.3, 0.4) is 0 Å². The highest BCUT2D eigenvalue weighted by Crippen LogP contribution is 2.26. The number of hydrogen-bond acceptors (Lipinski definition) is 6. The van der Waals surface area contributed by atoms with E-state index in [9.17, 15) is 18.0 Å². The molecule has 4 rings (SSSR count). The lowest BCUT2D eigenvalue weighted by atomic mass is 10.1. The van der Waals surface area contributed by atoms with Gasteiger partial charge in [-0.05, 0) is 36.1 Å². The molecule has 9 heteroatoms. The van der Waals surface area contributed by atoms with Crippen LogP contribution in [0.1, 0.15) is 33.8 Å². The molecule has 1 saturated heterocycles. The van der Waals surface area contributed by atoms with Gasteiger partial charge in [0.2, 0.25) is 15.9 Å². The number of ketones is 1. The monoisotopic (exact) mass is 497 g/mol. The number of nitrogens with zero attached hydrogens (tertiary/aromatic N) is 2. The Balaban J connectivity index is 1.35. The lowest BCUT2D eigenvalue weighted by Gasteiger charge is -2.33. The molecule has 1 unspecified atom stereocenters. The predicted molar refractivity (Wildman–Crippen MR) is 132 cm³/mol. The summed E-state index contributed by atoms with van der Waals surface area (Å²) in [6.07, 6.45) is 0. The van der Waals surface area contributed by atoms with Crippen molar-refractivity contribution in [1.82, 2.24) is 14.5 Å².